The maximum absolute atomic E-state index is 4.85. The summed E-state index contributed by atoms with van der Waals surface area (Å²) in [4.78, 5) is 0. The number of rotatable bonds is 2. The summed E-state index contributed by atoms with van der Waals surface area (Å²) in [6.07, 6.45) is 1.15. The number of aryl methyl sites for hydroxylation is 2. The number of hydrogen-bond acceptors (Lipinski definition) is 1. The van der Waals surface area contributed by atoms with Crippen LogP contribution in [0.5, 0.6) is 0 Å². The molecule has 1 aromatic rings. The summed E-state index contributed by atoms with van der Waals surface area (Å²) in [7, 11) is 0. The van der Waals surface area contributed by atoms with Crippen molar-refractivity contribution in [3.63, 3.8) is 0 Å². The van der Waals surface area contributed by atoms with Gasteiger partial charge < -0.3 is 5.73 Å². The molecule has 1 rings (SSSR count). The highest BCUT2D eigenvalue weighted by atomic mass is 14.5. The lowest BCUT2D eigenvalue weighted by molar-refractivity contribution is 0.861. The third-order valence-electron chi connectivity index (χ3n) is 2.42. The lowest BCUT2D eigenvalue weighted by atomic mass is 9.97. The van der Waals surface area contributed by atoms with Crippen molar-refractivity contribution in [2.24, 2.45) is 5.73 Å². The fraction of sp³-hybridized carbons (Fsp3) is 0.571. The van der Waals surface area contributed by atoms with Gasteiger partial charge in [-0.05, 0) is 42.5 Å². The number of hydrogen-bond donors (Lipinski definition) is 1. The highest BCUT2D eigenvalue weighted by Crippen LogP contribution is 2.18. The lowest BCUT2D eigenvalue weighted by Gasteiger charge is -2.09. The largest absolute Gasteiger partial charge is 0.331 e. The Kier molecular flexibility index (Phi) is 7.06. The molecule has 1 nitrogen and oxygen atoms in total. The normalized spacial score (nSPS) is 9.80. The maximum atomic E-state index is 4.85. The predicted molar refractivity (Wildman–Crippen MR) is 69.4 cm³/mol. The Labute approximate surface area is 94.7 Å². The van der Waals surface area contributed by atoms with E-state index in [-0.39, 0.29) is 0 Å². The molecule has 0 bridgehead atoms. The molecule has 0 saturated heterocycles. The summed E-state index contributed by atoms with van der Waals surface area (Å²) < 4.78 is 0. The van der Waals surface area contributed by atoms with Crippen LogP contribution < -0.4 is 5.73 Å². The van der Waals surface area contributed by atoms with E-state index in [2.05, 4.69) is 45.9 Å². The quantitative estimate of drug-likeness (QED) is 0.787. The van der Waals surface area contributed by atoms with E-state index < -0.39 is 0 Å². The summed E-state index contributed by atoms with van der Waals surface area (Å²) in [5.41, 5.74) is 9.21. The van der Waals surface area contributed by atoms with Crippen LogP contribution in [0.3, 0.4) is 0 Å². The monoisotopic (exact) mass is 207 g/mol. The van der Waals surface area contributed by atoms with E-state index in [0.29, 0.717) is 5.92 Å². The molecule has 0 aliphatic heterocycles. The second-order valence-electron chi connectivity index (χ2n) is 4.10. The van der Waals surface area contributed by atoms with Gasteiger partial charge in [-0.15, -0.1) is 0 Å². The van der Waals surface area contributed by atoms with Crippen LogP contribution in [-0.4, -0.2) is 6.54 Å². The number of benzene rings is 1. The molecule has 86 valence electrons. The van der Waals surface area contributed by atoms with Crippen molar-refractivity contribution in [2.75, 3.05) is 6.54 Å². The van der Waals surface area contributed by atoms with Crippen LogP contribution in [-0.2, 0) is 6.42 Å². The summed E-state index contributed by atoms with van der Waals surface area (Å²) >= 11 is 0. The Morgan fingerprint density at radius 3 is 2.13 bits per heavy atom. The lowest BCUT2D eigenvalue weighted by Crippen LogP contribution is -1.92. The molecule has 0 aliphatic carbocycles. The Morgan fingerprint density at radius 2 is 1.73 bits per heavy atom. The fourth-order valence-electron chi connectivity index (χ4n) is 1.43. The van der Waals surface area contributed by atoms with Crippen molar-refractivity contribution in [3.05, 3.63) is 34.9 Å². The van der Waals surface area contributed by atoms with Gasteiger partial charge in [0.1, 0.15) is 0 Å². The van der Waals surface area contributed by atoms with Gasteiger partial charge in [0.2, 0.25) is 0 Å². The van der Waals surface area contributed by atoms with E-state index >= 15 is 0 Å². The highest BCUT2D eigenvalue weighted by molar-refractivity contribution is 5.32. The Hall–Kier alpha value is -0.820. The molecule has 0 heterocycles. The smallest absolute Gasteiger partial charge is 0.0106 e. The summed E-state index contributed by atoms with van der Waals surface area (Å²) in [5, 5.41) is 0. The molecule has 0 aliphatic rings. The van der Waals surface area contributed by atoms with Crippen molar-refractivity contribution in [1.29, 1.82) is 0 Å². The van der Waals surface area contributed by atoms with Crippen molar-refractivity contribution < 1.29 is 0 Å². The molecular formula is C14H25N. The molecule has 0 saturated carbocycles. The van der Waals surface area contributed by atoms with Gasteiger partial charge in [-0.1, -0.05) is 45.9 Å². The summed E-state index contributed by atoms with van der Waals surface area (Å²) in [6.45, 7) is 11.5. The SMILES string of the molecule is CCN.CCc1cc(C(C)C)ccc1C. The van der Waals surface area contributed by atoms with E-state index in [1.807, 2.05) is 6.92 Å². The zero-order chi connectivity index (χ0) is 11.8. The first-order valence-electron chi connectivity index (χ1n) is 5.86. The van der Waals surface area contributed by atoms with E-state index in [1.54, 1.807) is 0 Å². The van der Waals surface area contributed by atoms with Crippen LogP contribution in [0.4, 0.5) is 0 Å². The van der Waals surface area contributed by atoms with Crippen molar-refractivity contribution in [3.8, 4) is 0 Å². The molecule has 15 heavy (non-hydrogen) atoms. The minimum absolute atomic E-state index is 0.649. The minimum Gasteiger partial charge on any atom is -0.331 e. The van der Waals surface area contributed by atoms with E-state index in [4.69, 9.17) is 5.73 Å². The molecule has 0 spiro atoms. The van der Waals surface area contributed by atoms with Crippen LogP contribution in [0.1, 0.15) is 50.3 Å². The van der Waals surface area contributed by atoms with Gasteiger partial charge in [0.15, 0.2) is 0 Å². The van der Waals surface area contributed by atoms with Crippen LogP contribution in [0.25, 0.3) is 0 Å². The van der Waals surface area contributed by atoms with Crippen LogP contribution in [0.2, 0.25) is 0 Å². The van der Waals surface area contributed by atoms with Gasteiger partial charge in [0, 0.05) is 0 Å². The minimum atomic E-state index is 0.649. The standard InChI is InChI=1S/C12H18.C2H7N/c1-5-11-8-12(9(2)3)7-6-10(11)4;1-2-3/h6-9H,5H2,1-4H3;2-3H2,1H3. The molecule has 0 fully saturated rings. The molecule has 1 heteroatoms. The Balaban J connectivity index is 0.000000583. The summed E-state index contributed by atoms with van der Waals surface area (Å²) in [5.74, 6) is 0.649. The topological polar surface area (TPSA) is 26.0 Å². The first-order chi connectivity index (χ1) is 7.06. The molecule has 1 aromatic carbocycles. The Morgan fingerprint density at radius 1 is 1.20 bits per heavy atom. The number of nitrogens with two attached hydrogens (primary N) is 1. The van der Waals surface area contributed by atoms with Crippen molar-refractivity contribution >= 4 is 0 Å². The van der Waals surface area contributed by atoms with E-state index in [9.17, 15) is 0 Å². The third-order valence-corrected chi connectivity index (χ3v) is 2.42. The molecule has 0 aromatic heterocycles. The summed E-state index contributed by atoms with van der Waals surface area (Å²) in [6, 6.07) is 6.80. The van der Waals surface area contributed by atoms with Gasteiger partial charge in [0.25, 0.3) is 0 Å². The van der Waals surface area contributed by atoms with Crippen molar-refractivity contribution in [2.45, 2.75) is 47.0 Å². The predicted octanol–water partition coefficient (Wildman–Crippen LogP) is 3.65. The zero-order valence-electron chi connectivity index (χ0n) is 10.8. The molecule has 0 atom stereocenters. The molecule has 2 N–H and O–H groups in total. The second kappa shape index (κ2) is 7.47. The van der Waals surface area contributed by atoms with Crippen LogP contribution >= 0.6 is 0 Å². The second-order valence-corrected chi connectivity index (χ2v) is 4.10. The van der Waals surface area contributed by atoms with Gasteiger partial charge in [-0.3, -0.25) is 0 Å². The molecular weight excluding hydrogens is 182 g/mol. The van der Waals surface area contributed by atoms with Gasteiger partial charge in [-0.2, -0.15) is 0 Å². The third kappa shape index (κ3) is 4.98. The van der Waals surface area contributed by atoms with E-state index in [0.717, 1.165) is 13.0 Å². The molecule has 0 radical (unpaired) electrons. The zero-order valence-corrected chi connectivity index (χ0v) is 10.8. The van der Waals surface area contributed by atoms with Gasteiger partial charge in [0.05, 0.1) is 0 Å². The molecule has 0 amide bonds. The maximum Gasteiger partial charge on any atom is -0.0106 e. The van der Waals surface area contributed by atoms with Crippen molar-refractivity contribution in [1.82, 2.24) is 0 Å². The van der Waals surface area contributed by atoms with E-state index in [1.165, 1.54) is 16.7 Å². The average molecular weight is 207 g/mol. The first kappa shape index (κ1) is 14.2. The highest BCUT2D eigenvalue weighted by Gasteiger charge is 2.01. The first-order valence-corrected chi connectivity index (χ1v) is 5.86. The fourth-order valence-corrected chi connectivity index (χ4v) is 1.43. The van der Waals surface area contributed by atoms with Crippen LogP contribution in [0, 0.1) is 6.92 Å². The molecule has 0 unspecified atom stereocenters. The average Bonchev–Trinajstić information content (AvgIpc) is 2.19. The Bertz CT molecular complexity index is 277. The van der Waals surface area contributed by atoms with Gasteiger partial charge in [-0.25, -0.2) is 0 Å². The van der Waals surface area contributed by atoms with Crippen LogP contribution in [0.15, 0.2) is 18.2 Å². The van der Waals surface area contributed by atoms with Gasteiger partial charge >= 0.3 is 0 Å².